The van der Waals surface area contributed by atoms with E-state index in [2.05, 4.69) is 10.3 Å². The minimum absolute atomic E-state index is 0.0868. The molecule has 1 amide bonds. The lowest BCUT2D eigenvalue weighted by atomic mass is 10.2. The minimum atomic E-state index is -0.233. The number of ether oxygens (including phenoxy) is 1. The Bertz CT molecular complexity index is 781. The fourth-order valence-electron chi connectivity index (χ4n) is 2.03. The largest absolute Gasteiger partial charge is 0.484 e. The van der Waals surface area contributed by atoms with E-state index in [4.69, 9.17) is 14.3 Å². The van der Waals surface area contributed by atoms with Crippen molar-refractivity contribution in [3.63, 3.8) is 0 Å². The first-order chi connectivity index (χ1) is 11.8. The molecule has 0 fully saturated rings. The molecule has 0 unspecified atom stereocenters. The molecule has 0 atom stereocenters. The third-order valence-corrected chi connectivity index (χ3v) is 4.08. The number of carbonyl (C=O) groups is 1. The Morgan fingerprint density at radius 2 is 2.12 bits per heavy atom. The molecule has 2 aromatic heterocycles. The zero-order chi connectivity index (χ0) is 16.8. The Labute approximate surface area is 142 Å². The smallest absolute Gasteiger partial charge is 0.251 e. The van der Waals surface area contributed by atoms with Gasteiger partial charge in [-0.2, -0.15) is 0 Å². The summed E-state index contributed by atoms with van der Waals surface area (Å²) in [5.41, 5.74) is 0.506. The van der Waals surface area contributed by atoms with Crippen LogP contribution in [0.4, 0.5) is 0 Å². The van der Waals surface area contributed by atoms with Crippen molar-refractivity contribution < 1.29 is 19.1 Å². The van der Waals surface area contributed by atoms with Crippen LogP contribution in [0, 0.1) is 0 Å². The van der Waals surface area contributed by atoms with Crippen molar-refractivity contribution in [2.75, 3.05) is 13.2 Å². The molecule has 0 saturated carbocycles. The first kappa shape index (κ1) is 16.2. The molecule has 6 nitrogen and oxygen atoms in total. The van der Waals surface area contributed by atoms with Gasteiger partial charge in [0.1, 0.15) is 5.75 Å². The van der Waals surface area contributed by atoms with Gasteiger partial charge in [0.2, 0.25) is 5.89 Å². The fraction of sp³-hybridized carbons (Fsp3) is 0.176. The van der Waals surface area contributed by atoms with Gasteiger partial charge in [-0.15, -0.1) is 11.3 Å². The average Bonchev–Trinajstić information content (AvgIpc) is 3.29. The lowest BCUT2D eigenvalue weighted by Gasteiger charge is -2.06. The Balaban J connectivity index is 1.56. The lowest BCUT2D eigenvalue weighted by Crippen LogP contribution is -2.26. The van der Waals surface area contributed by atoms with Gasteiger partial charge in [-0.05, 0) is 35.7 Å². The Morgan fingerprint density at radius 3 is 2.83 bits per heavy atom. The topological polar surface area (TPSA) is 84.6 Å². The monoisotopic (exact) mass is 344 g/mol. The normalized spacial score (nSPS) is 10.5. The summed E-state index contributed by atoms with van der Waals surface area (Å²) in [7, 11) is 0. The number of rotatable bonds is 7. The highest BCUT2D eigenvalue weighted by atomic mass is 32.1. The van der Waals surface area contributed by atoms with Gasteiger partial charge in [0.05, 0.1) is 17.7 Å². The number of hydrogen-bond acceptors (Lipinski definition) is 6. The van der Waals surface area contributed by atoms with Gasteiger partial charge in [-0.3, -0.25) is 4.79 Å². The minimum Gasteiger partial charge on any atom is -0.484 e. The molecular weight excluding hydrogens is 328 g/mol. The summed E-state index contributed by atoms with van der Waals surface area (Å²) in [5, 5.41) is 13.3. The van der Waals surface area contributed by atoms with Gasteiger partial charge < -0.3 is 19.6 Å². The molecule has 2 N–H and O–H groups in total. The molecular formula is C17H16N2O4S. The zero-order valence-electron chi connectivity index (χ0n) is 12.8. The lowest BCUT2D eigenvalue weighted by molar-refractivity contribution is 0.0944. The molecule has 0 saturated heterocycles. The van der Waals surface area contributed by atoms with Crippen molar-refractivity contribution in [2.24, 2.45) is 0 Å². The summed E-state index contributed by atoms with van der Waals surface area (Å²) >= 11 is 1.59. The molecule has 0 spiro atoms. The second-order valence-electron chi connectivity index (χ2n) is 4.89. The summed E-state index contributed by atoms with van der Waals surface area (Å²) in [6.45, 7) is 0.353. The number of hydrogen-bond donors (Lipinski definition) is 2. The van der Waals surface area contributed by atoms with Crippen LogP contribution in [0.5, 0.6) is 5.75 Å². The van der Waals surface area contributed by atoms with Gasteiger partial charge in [0.15, 0.2) is 12.4 Å². The predicted octanol–water partition coefficient (Wildman–Crippen LogP) is 2.70. The van der Waals surface area contributed by atoms with Crippen LogP contribution in [0.2, 0.25) is 0 Å². The number of aliphatic hydroxyl groups is 1. The third-order valence-electron chi connectivity index (χ3n) is 3.19. The van der Waals surface area contributed by atoms with E-state index < -0.39 is 0 Å². The second-order valence-corrected chi connectivity index (χ2v) is 5.84. The van der Waals surface area contributed by atoms with Crippen LogP contribution in [0.25, 0.3) is 10.6 Å². The Hall–Kier alpha value is -2.64. The summed E-state index contributed by atoms with van der Waals surface area (Å²) in [6.07, 6.45) is 1.68. The number of nitrogens with zero attached hydrogens (tertiary/aromatic N) is 1. The standard InChI is InChI=1S/C17H16N2O4S/c20-8-7-18-17(21)12-3-5-13(6-4-12)22-11-16-19-10-14(23-16)15-2-1-9-24-15/h1-6,9-10,20H,7-8,11H2,(H,18,21). The number of benzene rings is 1. The second kappa shape index (κ2) is 7.76. The maximum absolute atomic E-state index is 11.7. The highest BCUT2D eigenvalue weighted by Crippen LogP contribution is 2.25. The Kier molecular flexibility index (Phi) is 5.25. The van der Waals surface area contributed by atoms with Crippen LogP contribution in [0.1, 0.15) is 16.2 Å². The molecule has 0 aliphatic heterocycles. The highest BCUT2D eigenvalue weighted by Gasteiger charge is 2.08. The van der Waals surface area contributed by atoms with Crippen LogP contribution in [0.3, 0.4) is 0 Å². The zero-order valence-corrected chi connectivity index (χ0v) is 13.6. The van der Waals surface area contributed by atoms with Crippen LogP contribution in [-0.4, -0.2) is 29.1 Å². The van der Waals surface area contributed by atoms with Crippen molar-refractivity contribution in [2.45, 2.75) is 6.61 Å². The number of thiophene rings is 1. The van der Waals surface area contributed by atoms with Crippen molar-refractivity contribution in [3.8, 4) is 16.4 Å². The van der Waals surface area contributed by atoms with E-state index in [1.54, 1.807) is 41.8 Å². The third kappa shape index (κ3) is 4.01. The molecule has 0 bridgehead atoms. The molecule has 2 heterocycles. The molecule has 124 valence electrons. The van der Waals surface area contributed by atoms with E-state index in [1.165, 1.54) is 0 Å². The molecule has 3 aromatic rings. The van der Waals surface area contributed by atoms with Crippen LogP contribution in [0.15, 0.2) is 52.4 Å². The van der Waals surface area contributed by atoms with Gasteiger partial charge >= 0.3 is 0 Å². The number of oxazole rings is 1. The van der Waals surface area contributed by atoms with Crippen molar-refractivity contribution in [1.82, 2.24) is 10.3 Å². The first-order valence-electron chi connectivity index (χ1n) is 7.37. The molecule has 0 aliphatic carbocycles. The maximum atomic E-state index is 11.7. The summed E-state index contributed by atoms with van der Waals surface area (Å²) < 4.78 is 11.3. The molecule has 0 radical (unpaired) electrons. The number of nitrogens with one attached hydrogen (secondary N) is 1. The van der Waals surface area contributed by atoms with E-state index in [1.807, 2.05) is 17.5 Å². The van der Waals surface area contributed by atoms with Crippen molar-refractivity contribution >= 4 is 17.2 Å². The van der Waals surface area contributed by atoms with Crippen molar-refractivity contribution in [1.29, 1.82) is 0 Å². The quantitative estimate of drug-likeness (QED) is 0.688. The molecule has 24 heavy (non-hydrogen) atoms. The summed E-state index contributed by atoms with van der Waals surface area (Å²) in [6, 6.07) is 10.7. The first-order valence-corrected chi connectivity index (χ1v) is 8.25. The average molecular weight is 344 g/mol. The van der Waals surface area contributed by atoms with E-state index in [-0.39, 0.29) is 25.7 Å². The number of aromatic nitrogens is 1. The maximum Gasteiger partial charge on any atom is 0.251 e. The number of carbonyl (C=O) groups excluding carboxylic acids is 1. The molecule has 0 aliphatic rings. The van der Waals surface area contributed by atoms with Crippen LogP contribution < -0.4 is 10.1 Å². The van der Waals surface area contributed by atoms with E-state index in [0.29, 0.717) is 17.2 Å². The molecule has 3 rings (SSSR count). The van der Waals surface area contributed by atoms with E-state index >= 15 is 0 Å². The van der Waals surface area contributed by atoms with Crippen molar-refractivity contribution in [3.05, 3.63) is 59.4 Å². The van der Waals surface area contributed by atoms with Gasteiger partial charge in [0.25, 0.3) is 5.91 Å². The summed E-state index contributed by atoms with van der Waals surface area (Å²) in [4.78, 5) is 16.9. The van der Waals surface area contributed by atoms with Crippen LogP contribution >= 0.6 is 11.3 Å². The number of aliphatic hydroxyl groups excluding tert-OH is 1. The fourth-order valence-corrected chi connectivity index (χ4v) is 2.70. The Morgan fingerprint density at radius 1 is 1.29 bits per heavy atom. The van der Waals surface area contributed by atoms with Gasteiger partial charge in [0, 0.05) is 12.1 Å². The van der Waals surface area contributed by atoms with Gasteiger partial charge in [-0.25, -0.2) is 4.98 Å². The molecule has 7 heteroatoms. The number of amides is 1. The predicted molar refractivity (Wildman–Crippen MR) is 90.0 cm³/mol. The van der Waals surface area contributed by atoms with Crippen LogP contribution in [-0.2, 0) is 6.61 Å². The highest BCUT2D eigenvalue weighted by molar-refractivity contribution is 7.13. The van der Waals surface area contributed by atoms with Gasteiger partial charge in [-0.1, -0.05) is 6.07 Å². The molecule has 1 aromatic carbocycles. The van der Waals surface area contributed by atoms with E-state index in [9.17, 15) is 4.79 Å². The SMILES string of the molecule is O=C(NCCO)c1ccc(OCc2ncc(-c3cccs3)o2)cc1. The summed E-state index contributed by atoms with van der Waals surface area (Å²) in [5.74, 6) is 1.59. The van der Waals surface area contributed by atoms with E-state index in [0.717, 1.165) is 10.6 Å².